The number of hydrogen-bond donors (Lipinski definition) is 7. The van der Waals surface area contributed by atoms with Crippen LogP contribution in [0.3, 0.4) is 0 Å². The fourth-order valence-corrected chi connectivity index (χ4v) is 6.15. The zero-order valence-corrected chi connectivity index (χ0v) is 33.8. The summed E-state index contributed by atoms with van der Waals surface area (Å²) in [5.41, 5.74) is 6.03. The van der Waals surface area contributed by atoms with E-state index in [4.69, 9.17) is 10.8 Å². The number of amides is 4. The number of unbranched alkanes of at least 4 members (excludes halogenated alkanes) is 17. The van der Waals surface area contributed by atoms with E-state index in [0.717, 1.165) is 90.0 Å². The van der Waals surface area contributed by atoms with Crippen molar-refractivity contribution in [2.24, 2.45) is 5.73 Å². The lowest BCUT2D eigenvalue weighted by atomic mass is 10.0. The Morgan fingerprint density at radius 2 is 0.811 bits per heavy atom. The molecule has 0 bridgehead atoms. The Hall–Kier alpha value is -2.67. The second-order valence-electron chi connectivity index (χ2n) is 14.9. The van der Waals surface area contributed by atoms with Gasteiger partial charge in [0.05, 0.1) is 6.04 Å². The van der Waals surface area contributed by atoms with Gasteiger partial charge in [-0.05, 0) is 70.3 Å². The molecule has 0 saturated heterocycles. The van der Waals surface area contributed by atoms with E-state index >= 15 is 0 Å². The van der Waals surface area contributed by atoms with Crippen LogP contribution < -0.4 is 32.2 Å². The van der Waals surface area contributed by atoms with Gasteiger partial charge in [-0.15, -0.1) is 0 Å². The van der Waals surface area contributed by atoms with Crippen LogP contribution in [0.2, 0.25) is 0 Å². The van der Waals surface area contributed by atoms with Crippen molar-refractivity contribution in [2.75, 3.05) is 26.2 Å². The predicted octanol–water partition coefficient (Wildman–Crippen LogP) is 5.31. The molecule has 0 rings (SSSR count). The van der Waals surface area contributed by atoms with E-state index in [-0.39, 0.29) is 23.6 Å². The predicted molar refractivity (Wildman–Crippen MR) is 218 cm³/mol. The molecule has 53 heavy (non-hydrogen) atoms. The van der Waals surface area contributed by atoms with E-state index in [1.165, 1.54) is 57.8 Å². The van der Waals surface area contributed by atoms with Gasteiger partial charge in [-0.2, -0.15) is 0 Å². The fraction of sp³-hybridized carbons (Fsp3) is 0.875. The maximum absolute atomic E-state index is 12.3. The summed E-state index contributed by atoms with van der Waals surface area (Å²) in [5.74, 6) is -0.723. The highest BCUT2D eigenvalue weighted by molar-refractivity contribution is 6.04. The summed E-state index contributed by atoms with van der Waals surface area (Å²) in [6.07, 6.45) is 26.3. The number of carboxylic acids is 1. The van der Waals surface area contributed by atoms with Crippen LogP contribution >= 0.6 is 0 Å². The largest absolute Gasteiger partial charge is 0.481 e. The molecule has 0 radical (unpaired) electrons. The van der Waals surface area contributed by atoms with Crippen LogP contribution in [0.1, 0.15) is 187 Å². The van der Waals surface area contributed by atoms with Gasteiger partial charge in [0.15, 0.2) is 7.98 Å². The zero-order valence-electron chi connectivity index (χ0n) is 33.8. The molecule has 0 aliphatic carbocycles. The Morgan fingerprint density at radius 1 is 0.472 bits per heavy atom. The molecule has 0 aromatic carbocycles. The number of carbonyl (C=O) groups excluding carboxylic acids is 4. The van der Waals surface area contributed by atoms with E-state index in [2.05, 4.69) is 33.4 Å². The molecular weight excluding hydrogens is 671 g/mol. The Balaban J connectivity index is 3.50. The lowest BCUT2D eigenvalue weighted by molar-refractivity contribution is -0.137. The van der Waals surface area contributed by atoms with Crippen LogP contribution in [-0.4, -0.2) is 80.9 Å². The number of nitrogens with two attached hydrogens (primary N) is 1. The van der Waals surface area contributed by atoms with Gasteiger partial charge in [0.25, 0.3) is 0 Å². The van der Waals surface area contributed by atoms with Gasteiger partial charge in [0, 0.05) is 51.9 Å². The van der Waals surface area contributed by atoms with Gasteiger partial charge in [-0.3, -0.25) is 24.0 Å². The van der Waals surface area contributed by atoms with Gasteiger partial charge >= 0.3 is 5.97 Å². The van der Waals surface area contributed by atoms with Crippen LogP contribution in [0.5, 0.6) is 0 Å². The highest BCUT2D eigenvalue weighted by atomic mass is 16.4. The first kappa shape index (κ1) is 50.3. The molecule has 0 unspecified atom stereocenters. The van der Waals surface area contributed by atoms with Crippen molar-refractivity contribution in [3.8, 4) is 0 Å². The Bertz CT molecular complexity index is 943. The van der Waals surface area contributed by atoms with Crippen LogP contribution in [0.4, 0.5) is 0 Å². The monoisotopic (exact) mass is 751 g/mol. The van der Waals surface area contributed by atoms with Crippen molar-refractivity contribution in [1.82, 2.24) is 26.5 Å². The van der Waals surface area contributed by atoms with Gasteiger partial charge in [-0.1, -0.05) is 96.8 Å². The maximum Gasteiger partial charge on any atom is 0.303 e. The van der Waals surface area contributed by atoms with Crippen molar-refractivity contribution in [3.05, 3.63) is 0 Å². The Morgan fingerprint density at radius 3 is 1.26 bits per heavy atom. The second kappa shape index (κ2) is 37.6. The van der Waals surface area contributed by atoms with Crippen molar-refractivity contribution in [3.63, 3.8) is 0 Å². The summed E-state index contributed by atoms with van der Waals surface area (Å²) in [6, 6.07) is -0.0598. The minimum Gasteiger partial charge on any atom is -0.481 e. The molecule has 4 amide bonds. The molecule has 13 heteroatoms. The third kappa shape index (κ3) is 37.4. The van der Waals surface area contributed by atoms with Crippen molar-refractivity contribution in [1.29, 1.82) is 0 Å². The van der Waals surface area contributed by atoms with Crippen molar-refractivity contribution >= 4 is 37.6 Å². The van der Waals surface area contributed by atoms with E-state index < -0.39 is 12.0 Å². The van der Waals surface area contributed by atoms with E-state index in [1.807, 2.05) is 7.98 Å². The van der Waals surface area contributed by atoms with E-state index in [1.54, 1.807) is 0 Å². The van der Waals surface area contributed by atoms with Crippen molar-refractivity contribution < 1.29 is 29.1 Å². The lowest BCUT2D eigenvalue weighted by Gasteiger charge is -2.12. The molecule has 12 nitrogen and oxygen atoms in total. The summed E-state index contributed by atoms with van der Waals surface area (Å²) in [7, 11) is 1.96. The molecule has 8 N–H and O–H groups in total. The molecule has 2 atom stereocenters. The minimum absolute atomic E-state index is 0.0291. The summed E-state index contributed by atoms with van der Waals surface area (Å²) in [5, 5.41) is 23.6. The zero-order chi connectivity index (χ0) is 39.2. The minimum atomic E-state index is -0.690. The topological polar surface area (TPSA) is 192 Å². The van der Waals surface area contributed by atoms with Crippen LogP contribution in [-0.2, 0) is 24.0 Å². The molecule has 0 aliphatic rings. The molecule has 308 valence electrons. The third-order valence-electron chi connectivity index (χ3n) is 9.81. The first-order chi connectivity index (χ1) is 25.6. The summed E-state index contributed by atoms with van der Waals surface area (Å²) >= 11 is 0. The first-order valence-electron chi connectivity index (χ1n) is 21.4. The number of carboxylic acid groups (broad SMARTS) is 1. The highest BCUT2D eigenvalue weighted by Crippen LogP contribution is 2.14. The summed E-state index contributed by atoms with van der Waals surface area (Å²) in [4.78, 5) is 58.9. The highest BCUT2D eigenvalue weighted by Gasteiger charge is 2.12. The van der Waals surface area contributed by atoms with Crippen LogP contribution in [0.15, 0.2) is 0 Å². The molecule has 0 aliphatic heterocycles. The van der Waals surface area contributed by atoms with Crippen LogP contribution in [0.25, 0.3) is 0 Å². The second-order valence-corrected chi connectivity index (χ2v) is 14.9. The van der Waals surface area contributed by atoms with E-state index in [9.17, 15) is 24.0 Å². The van der Waals surface area contributed by atoms with Crippen molar-refractivity contribution in [2.45, 2.75) is 199 Å². The maximum atomic E-state index is 12.3. The average molecular weight is 751 g/mol. The summed E-state index contributed by atoms with van der Waals surface area (Å²) < 4.78 is 0. The summed E-state index contributed by atoms with van der Waals surface area (Å²) in [6.45, 7) is 4.49. The van der Waals surface area contributed by atoms with Gasteiger partial charge in [0.2, 0.25) is 23.6 Å². The average Bonchev–Trinajstić information content (AvgIpc) is 3.13. The molecule has 0 aromatic heterocycles. The Kier molecular flexibility index (Phi) is 35.7. The van der Waals surface area contributed by atoms with Gasteiger partial charge in [0.1, 0.15) is 0 Å². The van der Waals surface area contributed by atoms with E-state index in [0.29, 0.717) is 64.2 Å². The fourth-order valence-electron chi connectivity index (χ4n) is 6.15. The third-order valence-corrected chi connectivity index (χ3v) is 9.81. The Labute approximate surface area is 323 Å². The van der Waals surface area contributed by atoms with Gasteiger partial charge in [-0.25, -0.2) is 0 Å². The standard InChI is InChI=1S/C40H79BN6O6/c1-34(47-41)24-18-21-30-43-36(48)27-16-14-20-32-46-40(53)35(42)25-19-22-31-44-38(50)28-23-33-45-37(49)26-15-12-10-8-6-4-2-3-5-7-9-11-13-17-29-39(51)52/h34-35,47H,2-33,41-42H2,1H3,(H,43,48)(H,44,50)(H,45,49)(H,46,53)(H,51,52)/t34-,35+/m1/s1. The molecule has 0 saturated carbocycles. The van der Waals surface area contributed by atoms with Gasteiger partial charge < -0.3 is 37.3 Å². The SMILES string of the molecule is BN[C@H](C)CCCCNC(=O)CCCCCNC(=O)[C@@H](N)CCCCNC(=O)CCCNC(=O)CCCCCCCCCCCCCCCCC(=O)O. The molecule has 0 heterocycles. The number of aliphatic carboxylic acids is 1. The molecule has 0 fully saturated rings. The quantitative estimate of drug-likeness (QED) is 0.0325. The number of carbonyl (C=O) groups is 5. The normalized spacial score (nSPS) is 12.2. The smallest absolute Gasteiger partial charge is 0.303 e. The molecular formula is C40H79BN6O6. The lowest BCUT2D eigenvalue weighted by Crippen LogP contribution is -2.41. The number of hydrogen-bond acceptors (Lipinski definition) is 7. The number of rotatable bonds is 39. The number of nitrogens with one attached hydrogen (secondary N) is 5. The first-order valence-corrected chi connectivity index (χ1v) is 21.4. The molecule has 0 aromatic rings. The van der Waals surface area contributed by atoms with Crippen LogP contribution in [0, 0.1) is 0 Å². The molecule has 0 spiro atoms.